The standard InChI is InChI=1S/C11H19NO7/c1-6(12-7(2)14)9(16)3-10(11(17)18)19-5-8(15)4-13/h3,6,8-9,13,15-16H,4-5H2,1-2H3,(H,12,14)(H,17,18)/b10-3-/t6-,8+,9?/m0/s1. The Labute approximate surface area is 110 Å². The Hall–Kier alpha value is -1.64. The number of nitrogens with one attached hydrogen (secondary N) is 1. The third-order valence-electron chi connectivity index (χ3n) is 2.12. The average Bonchev–Trinajstić information content (AvgIpc) is 2.32. The smallest absolute Gasteiger partial charge is 0.370 e. The first-order chi connectivity index (χ1) is 8.77. The Kier molecular flexibility index (Phi) is 7.73. The first kappa shape index (κ1) is 17.4. The van der Waals surface area contributed by atoms with Gasteiger partial charge in [0.1, 0.15) is 12.7 Å². The van der Waals surface area contributed by atoms with Gasteiger partial charge in [0.05, 0.1) is 18.8 Å². The van der Waals surface area contributed by atoms with Crippen molar-refractivity contribution in [3.63, 3.8) is 0 Å². The normalized spacial score (nSPS) is 16.4. The predicted molar refractivity (Wildman–Crippen MR) is 64.0 cm³/mol. The summed E-state index contributed by atoms with van der Waals surface area (Å²) < 4.78 is 4.76. The fraction of sp³-hybridized carbons (Fsp3) is 0.636. The quantitative estimate of drug-likeness (QED) is 0.261. The molecule has 0 aromatic heterocycles. The molecule has 5 N–H and O–H groups in total. The van der Waals surface area contributed by atoms with Crippen LogP contribution in [-0.2, 0) is 14.3 Å². The maximum absolute atomic E-state index is 10.8. The molecule has 0 fully saturated rings. The lowest BCUT2D eigenvalue weighted by molar-refractivity contribution is -0.137. The van der Waals surface area contributed by atoms with Crippen molar-refractivity contribution >= 4 is 11.9 Å². The molecule has 0 aliphatic heterocycles. The molecule has 0 aliphatic rings. The molecule has 0 bridgehead atoms. The molecule has 1 unspecified atom stereocenters. The van der Waals surface area contributed by atoms with Crippen molar-refractivity contribution in [1.29, 1.82) is 0 Å². The Morgan fingerprint density at radius 1 is 1.37 bits per heavy atom. The molecule has 0 rings (SSSR count). The van der Waals surface area contributed by atoms with Crippen LogP contribution in [-0.4, -0.2) is 63.8 Å². The van der Waals surface area contributed by atoms with Gasteiger partial charge in [-0.3, -0.25) is 4.79 Å². The van der Waals surface area contributed by atoms with Gasteiger partial charge in [-0.15, -0.1) is 0 Å². The zero-order chi connectivity index (χ0) is 15.0. The molecule has 8 nitrogen and oxygen atoms in total. The number of aliphatic hydroxyl groups is 3. The summed E-state index contributed by atoms with van der Waals surface area (Å²) in [5.74, 6) is -2.37. The lowest BCUT2D eigenvalue weighted by atomic mass is 10.1. The van der Waals surface area contributed by atoms with E-state index >= 15 is 0 Å². The fourth-order valence-corrected chi connectivity index (χ4v) is 1.13. The van der Waals surface area contributed by atoms with E-state index in [2.05, 4.69) is 5.32 Å². The van der Waals surface area contributed by atoms with Crippen molar-refractivity contribution in [2.45, 2.75) is 32.1 Å². The van der Waals surface area contributed by atoms with Crippen LogP contribution < -0.4 is 5.32 Å². The van der Waals surface area contributed by atoms with Crippen molar-refractivity contribution in [2.75, 3.05) is 13.2 Å². The van der Waals surface area contributed by atoms with Gasteiger partial charge >= 0.3 is 5.97 Å². The zero-order valence-corrected chi connectivity index (χ0v) is 10.7. The molecular formula is C11H19NO7. The molecule has 0 aromatic carbocycles. The minimum atomic E-state index is -1.43. The van der Waals surface area contributed by atoms with Crippen LogP contribution >= 0.6 is 0 Å². The summed E-state index contributed by atoms with van der Waals surface area (Å²) in [6.07, 6.45) is -1.57. The molecule has 0 radical (unpaired) electrons. The topological polar surface area (TPSA) is 136 Å². The van der Waals surface area contributed by atoms with Crippen molar-refractivity contribution in [2.24, 2.45) is 0 Å². The molecule has 110 valence electrons. The van der Waals surface area contributed by atoms with E-state index < -0.39 is 43.2 Å². The Balaban J connectivity index is 4.63. The van der Waals surface area contributed by atoms with E-state index in [0.29, 0.717) is 0 Å². The van der Waals surface area contributed by atoms with Gasteiger partial charge in [0.2, 0.25) is 11.7 Å². The predicted octanol–water partition coefficient (Wildman–Crippen LogP) is -1.79. The molecule has 8 heteroatoms. The largest absolute Gasteiger partial charge is 0.484 e. The van der Waals surface area contributed by atoms with Gasteiger partial charge in [0.25, 0.3) is 0 Å². The molecule has 3 atom stereocenters. The maximum atomic E-state index is 10.8. The van der Waals surface area contributed by atoms with Crippen LogP contribution in [0.5, 0.6) is 0 Å². The third-order valence-corrected chi connectivity index (χ3v) is 2.12. The van der Waals surface area contributed by atoms with Gasteiger partial charge in [0.15, 0.2) is 0 Å². The second kappa shape index (κ2) is 8.46. The Morgan fingerprint density at radius 2 is 1.95 bits per heavy atom. The second-order valence-electron chi connectivity index (χ2n) is 3.96. The highest BCUT2D eigenvalue weighted by atomic mass is 16.5. The lowest BCUT2D eigenvalue weighted by Crippen LogP contribution is -2.39. The molecule has 0 saturated carbocycles. The number of carbonyl (C=O) groups is 2. The monoisotopic (exact) mass is 277 g/mol. The molecule has 0 aliphatic carbocycles. The molecule has 0 heterocycles. The molecule has 0 saturated heterocycles. The van der Waals surface area contributed by atoms with E-state index in [0.717, 1.165) is 6.08 Å². The van der Waals surface area contributed by atoms with Gasteiger partial charge in [0, 0.05) is 6.92 Å². The van der Waals surface area contributed by atoms with Crippen molar-refractivity contribution in [1.82, 2.24) is 5.32 Å². The minimum Gasteiger partial charge on any atom is -0.484 e. The average molecular weight is 277 g/mol. The van der Waals surface area contributed by atoms with E-state index in [4.69, 9.17) is 20.1 Å². The van der Waals surface area contributed by atoms with E-state index in [1.807, 2.05) is 0 Å². The van der Waals surface area contributed by atoms with E-state index in [-0.39, 0.29) is 5.91 Å². The lowest BCUT2D eigenvalue weighted by Gasteiger charge is -2.17. The summed E-state index contributed by atoms with van der Waals surface area (Å²) in [6, 6.07) is -0.696. The highest BCUT2D eigenvalue weighted by Gasteiger charge is 2.18. The number of amides is 1. The van der Waals surface area contributed by atoms with Crippen LogP contribution in [0.15, 0.2) is 11.8 Å². The number of carboxylic acid groups (broad SMARTS) is 1. The third kappa shape index (κ3) is 7.39. The van der Waals surface area contributed by atoms with Crippen molar-refractivity contribution in [3.8, 4) is 0 Å². The van der Waals surface area contributed by atoms with Crippen molar-refractivity contribution < 1.29 is 34.8 Å². The van der Waals surface area contributed by atoms with E-state index in [1.54, 1.807) is 0 Å². The zero-order valence-electron chi connectivity index (χ0n) is 10.7. The summed E-state index contributed by atoms with van der Waals surface area (Å²) >= 11 is 0. The highest BCUT2D eigenvalue weighted by molar-refractivity contribution is 5.84. The molecule has 1 amide bonds. The number of rotatable bonds is 8. The molecule has 0 aromatic rings. The number of ether oxygens (including phenoxy) is 1. The summed E-state index contributed by atoms with van der Waals surface area (Å²) in [5, 5.41) is 38.5. The number of hydrogen-bond donors (Lipinski definition) is 5. The van der Waals surface area contributed by atoms with Gasteiger partial charge in [-0.1, -0.05) is 0 Å². The molecule has 0 spiro atoms. The number of hydrogen-bond acceptors (Lipinski definition) is 6. The van der Waals surface area contributed by atoms with Gasteiger partial charge in [-0.25, -0.2) is 4.79 Å². The Bertz CT molecular complexity index is 342. The number of carbonyl (C=O) groups excluding carboxylic acids is 1. The first-order valence-electron chi connectivity index (χ1n) is 5.60. The number of carboxylic acids is 1. The SMILES string of the molecule is CC(=O)N[C@@H](C)C(O)/C=C(\OC[C@H](O)CO)C(=O)O. The van der Waals surface area contributed by atoms with Gasteiger partial charge in [-0.05, 0) is 13.0 Å². The minimum absolute atomic E-state index is 0.367. The Morgan fingerprint density at radius 3 is 2.37 bits per heavy atom. The van der Waals surface area contributed by atoms with Gasteiger partial charge in [-0.2, -0.15) is 0 Å². The van der Waals surface area contributed by atoms with Crippen LogP contribution in [0.2, 0.25) is 0 Å². The highest BCUT2D eigenvalue weighted by Crippen LogP contribution is 2.05. The van der Waals surface area contributed by atoms with Crippen LogP contribution in [0.25, 0.3) is 0 Å². The summed E-state index contributed by atoms with van der Waals surface area (Å²) in [7, 11) is 0. The van der Waals surface area contributed by atoms with Crippen LogP contribution in [0.4, 0.5) is 0 Å². The summed E-state index contributed by atoms with van der Waals surface area (Å²) in [4.78, 5) is 21.6. The number of aliphatic hydroxyl groups excluding tert-OH is 3. The molecule has 19 heavy (non-hydrogen) atoms. The summed E-state index contributed by atoms with van der Waals surface area (Å²) in [5.41, 5.74) is 0. The van der Waals surface area contributed by atoms with Gasteiger partial charge < -0.3 is 30.5 Å². The number of aliphatic carboxylic acids is 1. The van der Waals surface area contributed by atoms with Crippen LogP contribution in [0, 0.1) is 0 Å². The van der Waals surface area contributed by atoms with Crippen LogP contribution in [0.1, 0.15) is 13.8 Å². The maximum Gasteiger partial charge on any atom is 0.370 e. The van der Waals surface area contributed by atoms with E-state index in [1.165, 1.54) is 13.8 Å². The van der Waals surface area contributed by atoms with Crippen molar-refractivity contribution in [3.05, 3.63) is 11.8 Å². The second-order valence-corrected chi connectivity index (χ2v) is 3.96. The van der Waals surface area contributed by atoms with Crippen LogP contribution in [0.3, 0.4) is 0 Å². The molecular weight excluding hydrogens is 258 g/mol. The van der Waals surface area contributed by atoms with E-state index in [9.17, 15) is 14.7 Å². The first-order valence-corrected chi connectivity index (χ1v) is 5.60. The summed E-state index contributed by atoms with van der Waals surface area (Å²) in [6.45, 7) is 1.76. The fourth-order valence-electron chi connectivity index (χ4n) is 1.13.